The van der Waals surface area contributed by atoms with Gasteiger partial charge in [-0.2, -0.15) is 0 Å². The predicted molar refractivity (Wildman–Crippen MR) is 80.3 cm³/mol. The first-order chi connectivity index (χ1) is 8.41. The highest BCUT2D eigenvalue weighted by atomic mass is 14.0. The summed E-state index contributed by atoms with van der Waals surface area (Å²) in [6.07, 6.45) is 25.2. The van der Waals surface area contributed by atoms with Crippen LogP contribution in [0.5, 0.6) is 0 Å². The molecule has 0 aliphatic carbocycles. The molecule has 0 aliphatic heterocycles. The molecule has 98 valence electrons. The van der Waals surface area contributed by atoms with Crippen LogP contribution in [-0.2, 0) is 0 Å². The van der Waals surface area contributed by atoms with Crippen molar-refractivity contribution in [3.63, 3.8) is 0 Å². The maximum absolute atomic E-state index is 2.27. The molecule has 0 radical (unpaired) electrons. The van der Waals surface area contributed by atoms with E-state index in [4.69, 9.17) is 0 Å². The Balaban J connectivity index is 3.12. The van der Waals surface area contributed by atoms with E-state index >= 15 is 0 Å². The van der Waals surface area contributed by atoms with Crippen molar-refractivity contribution in [2.24, 2.45) is 0 Å². The van der Waals surface area contributed by atoms with Crippen molar-refractivity contribution in [3.05, 3.63) is 36.5 Å². The fourth-order valence-corrected chi connectivity index (χ4v) is 1.81. The molecule has 0 spiro atoms. The zero-order chi connectivity index (χ0) is 12.6. The number of unbranched alkanes of at least 4 members (excludes halogenated alkanes) is 8. The molecule has 0 heteroatoms. The van der Waals surface area contributed by atoms with Gasteiger partial charge in [-0.3, -0.25) is 0 Å². The van der Waals surface area contributed by atoms with Crippen LogP contribution in [0.15, 0.2) is 36.5 Å². The molecule has 0 rings (SSSR count). The number of rotatable bonds is 11. The second-order valence-corrected chi connectivity index (χ2v) is 4.60. The summed E-state index contributed by atoms with van der Waals surface area (Å²) in [5.41, 5.74) is 0. The molecule has 0 saturated heterocycles. The molecular weight excluding hydrogens is 204 g/mol. The Labute approximate surface area is 109 Å². The highest BCUT2D eigenvalue weighted by molar-refractivity contribution is 5.10. The fraction of sp³-hybridized carbons (Fsp3) is 0.647. The number of hydrogen-bond acceptors (Lipinski definition) is 0. The van der Waals surface area contributed by atoms with Crippen molar-refractivity contribution in [2.75, 3.05) is 0 Å². The van der Waals surface area contributed by atoms with Crippen molar-refractivity contribution in [3.8, 4) is 0 Å². The standard InChI is InChI=1S/C17H30/c1-3-5-7-9-11-13-15-17-16-14-12-10-8-6-4-2/h3,5,7,9,11,13H,4,6,8,10,12,14-17H2,1-2H3/b5-3+,9-7+,13-11+. The maximum Gasteiger partial charge on any atom is -0.0348 e. The molecule has 0 N–H and O–H groups in total. The quantitative estimate of drug-likeness (QED) is 0.295. The Morgan fingerprint density at radius 1 is 0.647 bits per heavy atom. The lowest BCUT2D eigenvalue weighted by atomic mass is 10.1. The van der Waals surface area contributed by atoms with E-state index in [0.717, 1.165) is 0 Å². The second-order valence-electron chi connectivity index (χ2n) is 4.60. The molecule has 0 saturated carbocycles. The van der Waals surface area contributed by atoms with E-state index in [-0.39, 0.29) is 0 Å². The molecule has 0 amide bonds. The molecule has 0 unspecified atom stereocenters. The molecule has 0 aromatic carbocycles. The van der Waals surface area contributed by atoms with E-state index in [1.54, 1.807) is 0 Å². The highest BCUT2D eigenvalue weighted by Crippen LogP contribution is 2.09. The number of hydrogen-bond donors (Lipinski definition) is 0. The van der Waals surface area contributed by atoms with E-state index in [0.29, 0.717) is 0 Å². The van der Waals surface area contributed by atoms with Gasteiger partial charge in [-0.1, -0.05) is 88.3 Å². The third kappa shape index (κ3) is 15.2. The molecule has 0 atom stereocenters. The lowest BCUT2D eigenvalue weighted by molar-refractivity contribution is 0.577. The largest absolute Gasteiger partial charge is 0.0877 e. The average molecular weight is 234 g/mol. The first-order valence-corrected chi connectivity index (χ1v) is 7.36. The lowest BCUT2D eigenvalue weighted by Crippen LogP contribution is -1.79. The van der Waals surface area contributed by atoms with Crippen LogP contribution in [0.1, 0.15) is 71.6 Å². The van der Waals surface area contributed by atoms with Gasteiger partial charge < -0.3 is 0 Å². The molecule has 0 fully saturated rings. The Hall–Kier alpha value is -0.780. The van der Waals surface area contributed by atoms with Gasteiger partial charge in [0.1, 0.15) is 0 Å². The van der Waals surface area contributed by atoms with E-state index in [1.165, 1.54) is 57.8 Å². The van der Waals surface area contributed by atoms with Crippen LogP contribution in [0.4, 0.5) is 0 Å². The summed E-state index contributed by atoms with van der Waals surface area (Å²) in [5.74, 6) is 0. The third-order valence-corrected chi connectivity index (χ3v) is 2.89. The van der Waals surface area contributed by atoms with Crippen molar-refractivity contribution >= 4 is 0 Å². The minimum Gasteiger partial charge on any atom is -0.0877 e. The summed E-state index contributed by atoms with van der Waals surface area (Å²) in [4.78, 5) is 0. The topological polar surface area (TPSA) is 0 Å². The van der Waals surface area contributed by atoms with Crippen LogP contribution in [0, 0.1) is 0 Å². The van der Waals surface area contributed by atoms with E-state index in [2.05, 4.69) is 37.3 Å². The van der Waals surface area contributed by atoms with Gasteiger partial charge in [-0.15, -0.1) is 0 Å². The second kappa shape index (κ2) is 15.2. The highest BCUT2D eigenvalue weighted by Gasteiger charge is 1.89. The summed E-state index contributed by atoms with van der Waals surface area (Å²) in [7, 11) is 0. The maximum atomic E-state index is 2.27. The van der Waals surface area contributed by atoms with Gasteiger partial charge in [0.05, 0.1) is 0 Å². The van der Waals surface area contributed by atoms with Crippen molar-refractivity contribution in [1.29, 1.82) is 0 Å². The number of allylic oxidation sites excluding steroid dienone is 6. The van der Waals surface area contributed by atoms with Crippen molar-refractivity contribution in [1.82, 2.24) is 0 Å². The summed E-state index contributed by atoms with van der Waals surface area (Å²) < 4.78 is 0. The molecule has 0 aromatic heterocycles. The zero-order valence-electron chi connectivity index (χ0n) is 11.8. The minimum absolute atomic E-state index is 1.23. The lowest BCUT2D eigenvalue weighted by Gasteiger charge is -1.99. The first-order valence-electron chi connectivity index (χ1n) is 7.36. The normalized spacial score (nSPS) is 12.4. The zero-order valence-corrected chi connectivity index (χ0v) is 11.8. The Morgan fingerprint density at radius 3 is 1.88 bits per heavy atom. The summed E-state index contributed by atoms with van der Waals surface area (Å²) in [5, 5.41) is 0. The van der Waals surface area contributed by atoms with Gasteiger partial charge in [-0.05, 0) is 19.8 Å². The molecule has 0 bridgehead atoms. The van der Waals surface area contributed by atoms with Crippen LogP contribution in [0.25, 0.3) is 0 Å². The monoisotopic (exact) mass is 234 g/mol. The van der Waals surface area contributed by atoms with E-state index < -0.39 is 0 Å². The average Bonchev–Trinajstić information content (AvgIpc) is 2.35. The Morgan fingerprint density at radius 2 is 1.24 bits per heavy atom. The van der Waals surface area contributed by atoms with Gasteiger partial charge in [-0.25, -0.2) is 0 Å². The Bertz CT molecular complexity index is 208. The van der Waals surface area contributed by atoms with Gasteiger partial charge in [0, 0.05) is 0 Å². The van der Waals surface area contributed by atoms with Crippen LogP contribution >= 0.6 is 0 Å². The van der Waals surface area contributed by atoms with Crippen LogP contribution in [0.3, 0.4) is 0 Å². The molecular formula is C17H30. The van der Waals surface area contributed by atoms with Crippen molar-refractivity contribution < 1.29 is 0 Å². The van der Waals surface area contributed by atoms with Crippen LogP contribution < -0.4 is 0 Å². The van der Waals surface area contributed by atoms with Crippen LogP contribution in [-0.4, -0.2) is 0 Å². The smallest absolute Gasteiger partial charge is 0.0348 e. The van der Waals surface area contributed by atoms with E-state index in [1.807, 2.05) is 13.0 Å². The fourth-order valence-electron chi connectivity index (χ4n) is 1.81. The third-order valence-electron chi connectivity index (χ3n) is 2.89. The van der Waals surface area contributed by atoms with Crippen molar-refractivity contribution in [2.45, 2.75) is 71.6 Å². The summed E-state index contributed by atoms with van der Waals surface area (Å²) >= 11 is 0. The first kappa shape index (κ1) is 16.2. The molecule has 0 nitrogen and oxygen atoms in total. The van der Waals surface area contributed by atoms with Gasteiger partial charge in [0.15, 0.2) is 0 Å². The minimum atomic E-state index is 1.23. The van der Waals surface area contributed by atoms with E-state index in [9.17, 15) is 0 Å². The summed E-state index contributed by atoms with van der Waals surface area (Å²) in [6.45, 7) is 4.31. The predicted octanol–water partition coefficient (Wildman–Crippen LogP) is 6.21. The Kier molecular flexibility index (Phi) is 14.5. The summed E-state index contributed by atoms with van der Waals surface area (Å²) in [6, 6.07) is 0. The van der Waals surface area contributed by atoms with Gasteiger partial charge in [0.25, 0.3) is 0 Å². The van der Waals surface area contributed by atoms with Crippen LogP contribution in [0.2, 0.25) is 0 Å². The molecule has 17 heavy (non-hydrogen) atoms. The van der Waals surface area contributed by atoms with Gasteiger partial charge >= 0.3 is 0 Å². The van der Waals surface area contributed by atoms with Gasteiger partial charge in [0.2, 0.25) is 0 Å². The molecule has 0 heterocycles. The molecule has 0 aromatic rings. The molecule has 0 aliphatic rings. The SMILES string of the molecule is C/C=C/C=C/C=C/CCCCCCCCCC.